The number of thiazole rings is 1. The lowest BCUT2D eigenvalue weighted by Gasteiger charge is -2.05. The van der Waals surface area contributed by atoms with Gasteiger partial charge in [-0.25, -0.2) is 4.98 Å². The minimum Gasteiger partial charge on any atom is -0.370 e. The molecule has 0 saturated carbocycles. The Morgan fingerprint density at radius 2 is 2.29 bits per heavy atom. The summed E-state index contributed by atoms with van der Waals surface area (Å²) < 4.78 is 0. The summed E-state index contributed by atoms with van der Waals surface area (Å²) in [6.45, 7) is 2.97. The molecule has 0 aliphatic rings. The molecule has 0 aliphatic heterocycles. The lowest BCUT2D eigenvalue weighted by Crippen LogP contribution is -2.34. The van der Waals surface area contributed by atoms with Crippen LogP contribution in [0.5, 0.6) is 0 Å². The summed E-state index contributed by atoms with van der Waals surface area (Å²) in [5.74, 6) is -0.154. The zero-order chi connectivity index (χ0) is 12.7. The topological polar surface area (TPSA) is 104 Å². The Bertz CT molecular complexity index is 390. The molecule has 0 unspecified atom stereocenters. The fourth-order valence-corrected chi connectivity index (χ4v) is 2.06. The van der Waals surface area contributed by atoms with Crippen LogP contribution in [0.2, 0.25) is 0 Å². The number of nitrogens with zero attached hydrogens (tertiary/aromatic N) is 1. The molecule has 0 spiro atoms. The fraction of sp³-hybridized carbons (Fsp3) is 0.500. The molecule has 1 rings (SSSR count). The Morgan fingerprint density at radius 1 is 1.53 bits per heavy atom. The van der Waals surface area contributed by atoms with E-state index in [1.165, 1.54) is 4.88 Å². The average molecular weight is 255 g/mol. The van der Waals surface area contributed by atoms with E-state index in [2.05, 4.69) is 15.6 Å². The summed E-state index contributed by atoms with van der Waals surface area (Å²) in [4.78, 5) is 16.7. The van der Waals surface area contributed by atoms with Crippen molar-refractivity contribution in [3.8, 4) is 0 Å². The van der Waals surface area contributed by atoms with Crippen molar-refractivity contribution < 1.29 is 4.79 Å². The zero-order valence-electron chi connectivity index (χ0n) is 9.75. The van der Waals surface area contributed by atoms with E-state index < -0.39 is 0 Å². The summed E-state index contributed by atoms with van der Waals surface area (Å²) >= 11 is 1.60. The monoisotopic (exact) mass is 255 g/mol. The van der Waals surface area contributed by atoms with Crippen LogP contribution in [0.4, 0.5) is 0 Å². The van der Waals surface area contributed by atoms with Crippen molar-refractivity contribution in [1.82, 2.24) is 15.6 Å². The van der Waals surface area contributed by atoms with E-state index in [0.717, 1.165) is 12.1 Å². The van der Waals surface area contributed by atoms with Gasteiger partial charge in [0, 0.05) is 30.8 Å². The number of guanidine groups is 1. The lowest BCUT2D eigenvalue weighted by atomic mass is 10.3. The number of amides is 1. The standard InChI is InChI=1S/C10H17N5OS/c1-7-8(17-6-15-7)2-4-13-9(16)3-5-14-10(11)12/h6H,2-5H2,1H3,(H,13,16)(H4,11,12,14). The molecule has 0 bridgehead atoms. The third-order valence-corrected chi connectivity index (χ3v) is 3.18. The molecule has 0 aromatic carbocycles. The van der Waals surface area contributed by atoms with Crippen molar-refractivity contribution in [2.45, 2.75) is 19.8 Å². The van der Waals surface area contributed by atoms with Crippen LogP contribution in [0.3, 0.4) is 0 Å². The highest BCUT2D eigenvalue weighted by Gasteiger charge is 2.03. The zero-order valence-corrected chi connectivity index (χ0v) is 10.6. The number of hydrogen-bond donors (Lipinski definition) is 4. The molecule has 1 amide bonds. The second-order valence-electron chi connectivity index (χ2n) is 3.55. The maximum atomic E-state index is 11.4. The highest BCUT2D eigenvalue weighted by molar-refractivity contribution is 7.09. The molecule has 17 heavy (non-hydrogen) atoms. The lowest BCUT2D eigenvalue weighted by molar-refractivity contribution is -0.120. The maximum absolute atomic E-state index is 11.4. The van der Waals surface area contributed by atoms with Crippen LogP contribution in [0, 0.1) is 12.3 Å². The molecule has 1 aromatic rings. The molecule has 0 saturated heterocycles. The van der Waals surface area contributed by atoms with Gasteiger partial charge in [0.05, 0.1) is 11.2 Å². The number of aromatic nitrogens is 1. The number of hydrogen-bond acceptors (Lipinski definition) is 4. The molecular formula is C10H17N5OS. The van der Waals surface area contributed by atoms with Gasteiger partial charge in [-0.3, -0.25) is 10.2 Å². The minimum atomic E-state index is -0.113. The van der Waals surface area contributed by atoms with E-state index in [9.17, 15) is 4.79 Å². The first-order valence-electron chi connectivity index (χ1n) is 5.33. The van der Waals surface area contributed by atoms with Crippen LogP contribution in [-0.2, 0) is 11.2 Å². The molecule has 6 nitrogen and oxygen atoms in total. The van der Waals surface area contributed by atoms with Gasteiger partial charge in [-0.1, -0.05) is 0 Å². The van der Waals surface area contributed by atoms with Crippen molar-refractivity contribution >= 4 is 23.2 Å². The van der Waals surface area contributed by atoms with E-state index in [4.69, 9.17) is 11.1 Å². The Labute approximate surface area is 104 Å². The Morgan fingerprint density at radius 3 is 2.88 bits per heavy atom. The quantitative estimate of drug-likeness (QED) is 0.424. The third kappa shape index (κ3) is 5.30. The SMILES string of the molecule is Cc1ncsc1CCNC(=O)CCNC(=N)N. The van der Waals surface area contributed by atoms with Gasteiger partial charge in [-0.05, 0) is 6.92 Å². The van der Waals surface area contributed by atoms with E-state index in [-0.39, 0.29) is 11.9 Å². The smallest absolute Gasteiger partial charge is 0.221 e. The third-order valence-electron chi connectivity index (χ3n) is 2.19. The number of carbonyl (C=O) groups excluding carboxylic acids is 1. The number of rotatable bonds is 6. The normalized spacial score (nSPS) is 9.94. The van der Waals surface area contributed by atoms with Crippen LogP contribution in [-0.4, -0.2) is 29.9 Å². The molecule has 5 N–H and O–H groups in total. The van der Waals surface area contributed by atoms with Crippen LogP contribution in [0.25, 0.3) is 0 Å². The molecule has 1 aromatic heterocycles. The van der Waals surface area contributed by atoms with Gasteiger partial charge in [0.25, 0.3) is 0 Å². The molecule has 1 heterocycles. The van der Waals surface area contributed by atoms with Crippen molar-refractivity contribution in [2.75, 3.05) is 13.1 Å². The summed E-state index contributed by atoms with van der Waals surface area (Å²) in [6, 6.07) is 0. The van der Waals surface area contributed by atoms with Gasteiger partial charge in [0.2, 0.25) is 5.91 Å². The summed E-state index contributed by atoms with van der Waals surface area (Å²) in [5.41, 5.74) is 7.93. The Hall–Kier alpha value is -1.63. The van der Waals surface area contributed by atoms with E-state index >= 15 is 0 Å². The van der Waals surface area contributed by atoms with Crippen molar-refractivity contribution in [1.29, 1.82) is 5.41 Å². The average Bonchev–Trinajstić information content (AvgIpc) is 2.64. The van der Waals surface area contributed by atoms with Crippen molar-refractivity contribution in [3.63, 3.8) is 0 Å². The van der Waals surface area contributed by atoms with Gasteiger partial charge in [0.15, 0.2) is 5.96 Å². The molecule has 0 atom stereocenters. The minimum absolute atomic E-state index is 0.0408. The van der Waals surface area contributed by atoms with Gasteiger partial charge < -0.3 is 16.4 Å². The summed E-state index contributed by atoms with van der Waals surface area (Å²) in [5, 5.41) is 12.3. The number of carbonyl (C=O) groups is 1. The fourth-order valence-electron chi connectivity index (χ4n) is 1.28. The van der Waals surface area contributed by atoms with Crippen molar-refractivity contribution in [3.05, 3.63) is 16.1 Å². The van der Waals surface area contributed by atoms with Crippen LogP contribution < -0.4 is 16.4 Å². The van der Waals surface area contributed by atoms with Gasteiger partial charge >= 0.3 is 0 Å². The first-order chi connectivity index (χ1) is 8.09. The Kier molecular flexibility index (Phi) is 5.41. The first kappa shape index (κ1) is 13.4. The van der Waals surface area contributed by atoms with Crippen LogP contribution in [0.1, 0.15) is 17.0 Å². The molecular weight excluding hydrogens is 238 g/mol. The number of nitrogens with two attached hydrogens (primary N) is 1. The maximum Gasteiger partial charge on any atom is 0.221 e. The van der Waals surface area contributed by atoms with E-state index in [0.29, 0.717) is 19.5 Å². The molecule has 0 aliphatic carbocycles. The number of nitrogens with one attached hydrogen (secondary N) is 3. The summed E-state index contributed by atoms with van der Waals surface area (Å²) in [6.07, 6.45) is 1.13. The number of aryl methyl sites for hydroxylation is 1. The van der Waals surface area contributed by atoms with Crippen LogP contribution in [0.15, 0.2) is 5.51 Å². The highest BCUT2D eigenvalue weighted by atomic mass is 32.1. The predicted octanol–water partition coefficient (Wildman–Crippen LogP) is -0.0166. The second-order valence-corrected chi connectivity index (χ2v) is 4.49. The molecule has 0 radical (unpaired) electrons. The molecule has 7 heteroatoms. The second kappa shape index (κ2) is 6.85. The predicted molar refractivity (Wildman–Crippen MR) is 68.1 cm³/mol. The Balaban J connectivity index is 2.12. The highest BCUT2D eigenvalue weighted by Crippen LogP contribution is 2.11. The van der Waals surface area contributed by atoms with Crippen LogP contribution >= 0.6 is 11.3 Å². The van der Waals surface area contributed by atoms with E-state index in [1.807, 2.05) is 12.4 Å². The largest absolute Gasteiger partial charge is 0.370 e. The van der Waals surface area contributed by atoms with Gasteiger partial charge in [-0.2, -0.15) is 0 Å². The van der Waals surface area contributed by atoms with Gasteiger partial charge in [0.1, 0.15) is 0 Å². The summed E-state index contributed by atoms with van der Waals surface area (Å²) in [7, 11) is 0. The molecule has 94 valence electrons. The molecule has 0 fully saturated rings. The first-order valence-corrected chi connectivity index (χ1v) is 6.21. The van der Waals surface area contributed by atoms with Gasteiger partial charge in [-0.15, -0.1) is 11.3 Å². The van der Waals surface area contributed by atoms with E-state index in [1.54, 1.807) is 11.3 Å². The van der Waals surface area contributed by atoms with Crippen molar-refractivity contribution in [2.24, 2.45) is 5.73 Å².